The van der Waals surface area contributed by atoms with Crippen LogP contribution < -0.4 is 16.0 Å². The number of nitrogens with zero attached hydrogens (tertiary/aromatic N) is 1. The molecule has 0 unspecified atom stereocenters. The number of amides is 1. The van der Waals surface area contributed by atoms with Crippen LogP contribution in [0.4, 0.5) is 5.69 Å². The van der Waals surface area contributed by atoms with Crippen molar-refractivity contribution in [3.05, 3.63) is 52.2 Å². The molecule has 0 radical (unpaired) electrons. The van der Waals surface area contributed by atoms with E-state index in [2.05, 4.69) is 38.5 Å². The van der Waals surface area contributed by atoms with Crippen LogP contribution in [0.1, 0.15) is 30.2 Å². The van der Waals surface area contributed by atoms with Gasteiger partial charge in [0, 0.05) is 37.1 Å². The monoisotopic (exact) mass is 486 g/mol. The van der Waals surface area contributed by atoms with E-state index in [9.17, 15) is 4.79 Å². The molecular weight excluding hydrogens is 459 g/mol. The molecule has 0 spiro atoms. The van der Waals surface area contributed by atoms with Crippen molar-refractivity contribution in [2.45, 2.75) is 32.7 Å². The minimum Gasteiger partial charge on any atom is -0.356 e. The van der Waals surface area contributed by atoms with Gasteiger partial charge in [0.1, 0.15) is 0 Å². The molecule has 2 aromatic rings. The fourth-order valence-corrected chi connectivity index (χ4v) is 3.03. The molecule has 0 bridgehead atoms. The molecule has 0 atom stereocenters. The zero-order valence-corrected chi connectivity index (χ0v) is 18.4. The first kappa shape index (κ1) is 22.4. The maximum Gasteiger partial charge on any atom is 0.224 e. The van der Waals surface area contributed by atoms with Gasteiger partial charge in [-0.05, 0) is 42.0 Å². The third-order valence-corrected chi connectivity index (χ3v) is 4.58. The van der Waals surface area contributed by atoms with E-state index >= 15 is 0 Å². The molecule has 1 aromatic carbocycles. The van der Waals surface area contributed by atoms with Gasteiger partial charge in [0.15, 0.2) is 5.96 Å². The second-order valence-electron chi connectivity index (χ2n) is 5.68. The van der Waals surface area contributed by atoms with E-state index in [1.807, 2.05) is 31.2 Å². The number of hydrogen-bond donors (Lipinski definition) is 3. The molecule has 0 aliphatic carbocycles. The molecule has 3 N–H and O–H groups in total. The van der Waals surface area contributed by atoms with Gasteiger partial charge < -0.3 is 16.0 Å². The van der Waals surface area contributed by atoms with Crippen LogP contribution in [0.15, 0.2) is 46.8 Å². The largest absolute Gasteiger partial charge is 0.356 e. The van der Waals surface area contributed by atoms with Crippen molar-refractivity contribution in [1.29, 1.82) is 0 Å². The molecule has 1 amide bonds. The number of aliphatic imine (C=N–C) groups is 1. The van der Waals surface area contributed by atoms with Crippen LogP contribution in [0.3, 0.4) is 0 Å². The molecule has 0 aliphatic heterocycles. The van der Waals surface area contributed by atoms with E-state index in [1.165, 1.54) is 4.88 Å². The lowest BCUT2D eigenvalue weighted by Gasteiger charge is -2.12. The number of guanidine groups is 1. The average molecular weight is 486 g/mol. The maximum absolute atomic E-state index is 11.6. The Kier molecular flexibility index (Phi) is 11.0. The minimum absolute atomic E-state index is 0. The minimum atomic E-state index is 0. The Balaban J connectivity index is 0.00000338. The van der Waals surface area contributed by atoms with Gasteiger partial charge in [-0.1, -0.05) is 25.1 Å². The van der Waals surface area contributed by atoms with Gasteiger partial charge in [0.2, 0.25) is 5.91 Å². The highest BCUT2D eigenvalue weighted by atomic mass is 127. The van der Waals surface area contributed by atoms with Gasteiger partial charge in [0.25, 0.3) is 0 Å². The number of carbonyl (C=O) groups excluding carboxylic acids is 1. The van der Waals surface area contributed by atoms with Gasteiger partial charge in [-0.3, -0.25) is 9.79 Å². The van der Waals surface area contributed by atoms with E-state index in [-0.39, 0.29) is 29.9 Å². The highest BCUT2D eigenvalue weighted by Gasteiger charge is 2.02. The summed E-state index contributed by atoms with van der Waals surface area (Å²) >= 11 is 1.77. The summed E-state index contributed by atoms with van der Waals surface area (Å²) in [6.07, 6.45) is 2.40. The van der Waals surface area contributed by atoms with Crippen LogP contribution in [0.2, 0.25) is 0 Å². The average Bonchev–Trinajstić information content (AvgIpc) is 3.13. The summed E-state index contributed by atoms with van der Waals surface area (Å²) in [5.41, 5.74) is 1.97. The molecule has 0 fully saturated rings. The predicted octanol–water partition coefficient (Wildman–Crippen LogP) is 4.01. The summed E-state index contributed by atoms with van der Waals surface area (Å²) in [6, 6.07) is 12.1. The van der Waals surface area contributed by atoms with Crippen LogP contribution in [0, 0.1) is 0 Å². The summed E-state index contributed by atoms with van der Waals surface area (Å²) in [7, 11) is 1.77. The molecule has 7 heteroatoms. The fourth-order valence-electron chi connectivity index (χ4n) is 2.32. The smallest absolute Gasteiger partial charge is 0.224 e. The second-order valence-corrected chi connectivity index (χ2v) is 6.71. The molecule has 2 rings (SSSR count). The van der Waals surface area contributed by atoms with Crippen LogP contribution in [-0.4, -0.2) is 25.5 Å². The highest BCUT2D eigenvalue weighted by molar-refractivity contribution is 14.0. The Bertz CT molecular complexity index is 671. The summed E-state index contributed by atoms with van der Waals surface area (Å²) in [5, 5.41) is 11.6. The molecule has 142 valence electrons. The number of nitrogens with one attached hydrogen (secondary N) is 3. The van der Waals surface area contributed by atoms with Gasteiger partial charge in [-0.15, -0.1) is 35.3 Å². The van der Waals surface area contributed by atoms with Crippen LogP contribution in [0.25, 0.3) is 0 Å². The zero-order valence-electron chi connectivity index (χ0n) is 15.2. The van der Waals surface area contributed by atoms with Crippen molar-refractivity contribution in [2.24, 2.45) is 4.99 Å². The van der Waals surface area contributed by atoms with Crippen LogP contribution >= 0.6 is 35.3 Å². The van der Waals surface area contributed by atoms with Crippen molar-refractivity contribution in [3.8, 4) is 0 Å². The highest BCUT2D eigenvalue weighted by Crippen LogP contribution is 2.10. The van der Waals surface area contributed by atoms with E-state index in [0.717, 1.165) is 36.6 Å². The van der Waals surface area contributed by atoms with Crippen molar-refractivity contribution >= 4 is 52.9 Å². The number of anilines is 1. The number of thiophene rings is 1. The van der Waals surface area contributed by atoms with Crippen molar-refractivity contribution in [1.82, 2.24) is 10.6 Å². The maximum atomic E-state index is 11.6. The summed E-state index contributed by atoms with van der Waals surface area (Å²) < 4.78 is 0. The topological polar surface area (TPSA) is 65.5 Å². The second kappa shape index (κ2) is 12.7. The lowest BCUT2D eigenvalue weighted by Crippen LogP contribution is -2.37. The first-order valence-electron chi connectivity index (χ1n) is 8.57. The van der Waals surface area contributed by atoms with E-state index < -0.39 is 0 Å². The SMILES string of the molecule is CCCC(=O)Nc1ccc(CNC(=NC)NCCc2cccs2)cc1.I. The Labute approximate surface area is 176 Å². The van der Waals surface area contributed by atoms with Crippen molar-refractivity contribution < 1.29 is 4.79 Å². The van der Waals surface area contributed by atoms with E-state index in [0.29, 0.717) is 13.0 Å². The molecule has 0 aliphatic rings. The Hall–Kier alpha value is -1.61. The first-order valence-corrected chi connectivity index (χ1v) is 9.45. The third-order valence-electron chi connectivity index (χ3n) is 3.64. The Morgan fingerprint density at radius 1 is 1.15 bits per heavy atom. The van der Waals surface area contributed by atoms with Crippen LogP contribution in [-0.2, 0) is 17.8 Å². The fraction of sp³-hybridized carbons (Fsp3) is 0.368. The van der Waals surface area contributed by atoms with Gasteiger partial charge in [-0.25, -0.2) is 0 Å². The standard InChI is InChI=1S/C19H26N4OS.HI/c1-3-5-18(24)23-16-9-7-15(8-10-16)14-22-19(20-2)21-12-11-17-6-4-13-25-17;/h4,6-10,13H,3,5,11-12,14H2,1-2H3,(H,23,24)(H2,20,21,22);1H. The number of carbonyl (C=O) groups is 1. The molecule has 1 heterocycles. The summed E-state index contributed by atoms with van der Waals surface area (Å²) in [5.74, 6) is 0.848. The first-order chi connectivity index (χ1) is 12.2. The van der Waals surface area contributed by atoms with Gasteiger partial charge >= 0.3 is 0 Å². The van der Waals surface area contributed by atoms with Gasteiger partial charge in [0.05, 0.1) is 0 Å². The molecular formula is C19H27IN4OS. The number of hydrogen-bond acceptors (Lipinski definition) is 3. The quantitative estimate of drug-likeness (QED) is 0.300. The molecule has 26 heavy (non-hydrogen) atoms. The molecule has 1 aromatic heterocycles. The van der Waals surface area contributed by atoms with Gasteiger partial charge in [-0.2, -0.15) is 0 Å². The Morgan fingerprint density at radius 3 is 2.54 bits per heavy atom. The van der Waals surface area contributed by atoms with E-state index in [4.69, 9.17) is 0 Å². The van der Waals surface area contributed by atoms with Crippen molar-refractivity contribution in [2.75, 3.05) is 18.9 Å². The number of benzene rings is 1. The normalized spacial score (nSPS) is 10.8. The molecule has 0 saturated carbocycles. The number of rotatable bonds is 8. The van der Waals surface area contributed by atoms with Crippen LogP contribution in [0.5, 0.6) is 0 Å². The Morgan fingerprint density at radius 2 is 1.92 bits per heavy atom. The zero-order chi connectivity index (χ0) is 17.9. The molecule has 0 saturated heterocycles. The predicted molar refractivity (Wildman–Crippen MR) is 122 cm³/mol. The molecule has 5 nitrogen and oxygen atoms in total. The van der Waals surface area contributed by atoms with E-state index in [1.54, 1.807) is 18.4 Å². The lowest BCUT2D eigenvalue weighted by molar-refractivity contribution is -0.116. The van der Waals surface area contributed by atoms with Crippen molar-refractivity contribution in [3.63, 3.8) is 0 Å². The summed E-state index contributed by atoms with van der Waals surface area (Å²) in [4.78, 5) is 17.2. The lowest BCUT2D eigenvalue weighted by atomic mass is 10.2. The summed E-state index contributed by atoms with van der Waals surface area (Å²) in [6.45, 7) is 3.53. The third kappa shape index (κ3) is 8.18. The number of halogens is 1.